The molecule has 7 rings (SSSR count). The van der Waals surface area contributed by atoms with Crippen LogP contribution in [0.2, 0.25) is 0 Å². The van der Waals surface area contributed by atoms with Crippen LogP contribution in [0.1, 0.15) is 46.5 Å². The second-order valence-electron chi connectivity index (χ2n) is 12.9. The lowest BCUT2D eigenvalue weighted by Gasteiger charge is -2.73. The van der Waals surface area contributed by atoms with E-state index in [2.05, 4.69) is 18.7 Å². The van der Waals surface area contributed by atoms with Crippen LogP contribution in [0.15, 0.2) is 0 Å². The molecule has 0 aromatic heterocycles. The molecule has 3 spiro atoms. The maximum Gasteiger partial charge on any atom is 0.303 e. The summed E-state index contributed by atoms with van der Waals surface area (Å²) in [6.45, 7) is 7.74. The molecule has 2 aliphatic heterocycles. The van der Waals surface area contributed by atoms with E-state index < -0.39 is 34.2 Å². The number of esters is 1. The number of rotatable bonds is 5. The predicted octanol–water partition coefficient (Wildman–Crippen LogP) is 1.35. The van der Waals surface area contributed by atoms with Crippen molar-refractivity contribution in [3.05, 3.63) is 0 Å². The molecular formula is C27H41NO8. The second-order valence-corrected chi connectivity index (χ2v) is 12.9. The summed E-state index contributed by atoms with van der Waals surface area (Å²) >= 11 is 0. The Bertz CT molecular complexity index is 979. The van der Waals surface area contributed by atoms with Gasteiger partial charge in [-0.2, -0.15) is 0 Å². The van der Waals surface area contributed by atoms with Crippen LogP contribution >= 0.6 is 0 Å². The molecule has 5 aliphatic carbocycles. The number of methoxy groups -OCH3 is 3. The Kier molecular flexibility index (Phi) is 4.87. The maximum absolute atomic E-state index is 13.5. The number of hydrogen-bond acceptors (Lipinski definition) is 9. The van der Waals surface area contributed by atoms with Gasteiger partial charge in [-0.05, 0) is 37.6 Å². The van der Waals surface area contributed by atoms with Crippen molar-refractivity contribution in [3.63, 3.8) is 0 Å². The number of carbonyl (C=O) groups excluding carboxylic acids is 1. The van der Waals surface area contributed by atoms with Crippen molar-refractivity contribution in [2.24, 2.45) is 28.1 Å². The van der Waals surface area contributed by atoms with E-state index in [-0.39, 0.29) is 54.4 Å². The molecule has 7 aliphatic rings. The number of piperidine rings is 1. The molecule has 9 nitrogen and oxygen atoms in total. The van der Waals surface area contributed by atoms with E-state index >= 15 is 0 Å². The number of fused-ring (bicyclic) bond motifs is 1. The molecule has 202 valence electrons. The van der Waals surface area contributed by atoms with Crippen LogP contribution in [0.5, 0.6) is 0 Å². The van der Waals surface area contributed by atoms with Crippen molar-refractivity contribution in [1.82, 2.24) is 4.90 Å². The monoisotopic (exact) mass is 507 g/mol. The third-order valence-corrected chi connectivity index (χ3v) is 12.2. The molecule has 0 amide bonds. The number of likely N-dealkylation sites (N-methyl/N-ethyl adjacent to an activating group) is 1. The highest BCUT2D eigenvalue weighted by atomic mass is 16.7. The molecule has 2 heterocycles. The standard InChI is InChI=1S/C27H41NO8/c1-7-28-12-23(3)9-8-17(32-5)26-18(23)20(36-14(2)29)27(21(26)28)22(34-13-35-27)24-11-16(31-4)15(19(24)33-6)10-25(24,26)30/h15-22,30H,7-13H2,1-6H3/t15?,16-,17-,18?,19-,20-,21?,22+,23-,24?,25-,26+,27?/m0/s1. The van der Waals surface area contributed by atoms with Crippen LogP contribution in [-0.4, -0.2) is 105 Å². The summed E-state index contributed by atoms with van der Waals surface area (Å²) < 4.78 is 38.4. The van der Waals surface area contributed by atoms with Crippen LogP contribution in [-0.2, 0) is 33.2 Å². The SMILES string of the molecule is CCN1C[C@]2(C)CC[C@H](OC)[C@@]34C1C1(OCO[C@@H]1C15C[C@H](OC)C(C[C@]13O)[C@@H]5OC)[C@@H](OC(C)=O)C24. The largest absolute Gasteiger partial charge is 0.459 e. The van der Waals surface area contributed by atoms with Gasteiger partial charge in [0.1, 0.15) is 19.0 Å². The highest BCUT2D eigenvalue weighted by Gasteiger charge is 2.97. The van der Waals surface area contributed by atoms with Crippen molar-refractivity contribution >= 4 is 5.97 Å². The fourth-order valence-electron chi connectivity index (χ4n) is 11.9. The van der Waals surface area contributed by atoms with Crippen molar-refractivity contribution < 1.29 is 38.3 Å². The van der Waals surface area contributed by atoms with Crippen molar-refractivity contribution in [2.45, 2.75) is 94.2 Å². The zero-order valence-corrected chi connectivity index (χ0v) is 22.3. The molecular weight excluding hydrogens is 466 g/mol. The molecule has 7 bridgehead atoms. The third kappa shape index (κ3) is 2.13. The van der Waals surface area contributed by atoms with Gasteiger partial charge in [0.25, 0.3) is 0 Å². The summed E-state index contributed by atoms with van der Waals surface area (Å²) in [6, 6.07) is -0.205. The second kappa shape index (κ2) is 7.23. The van der Waals surface area contributed by atoms with Gasteiger partial charge in [-0.1, -0.05) is 13.8 Å². The van der Waals surface area contributed by atoms with Crippen molar-refractivity contribution in [1.29, 1.82) is 0 Å². The molecule has 0 aromatic rings. The van der Waals surface area contributed by atoms with Gasteiger partial charge in [-0.25, -0.2) is 0 Å². The average molecular weight is 508 g/mol. The Labute approximate surface area is 213 Å². The minimum atomic E-state index is -1.16. The van der Waals surface area contributed by atoms with Crippen molar-refractivity contribution in [2.75, 3.05) is 41.2 Å². The minimum Gasteiger partial charge on any atom is -0.459 e. The highest BCUT2D eigenvalue weighted by molar-refractivity contribution is 5.67. The van der Waals surface area contributed by atoms with Gasteiger partial charge in [-0.3, -0.25) is 9.69 Å². The van der Waals surface area contributed by atoms with Gasteiger partial charge < -0.3 is 33.5 Å². The van der Waals surface area contributed by atoms with Gasteiger partial charge >= 0.3 is 5.97 Å². The first-order valence-electron chi connectivity index (χ1n) is 13.7. The van der Waals surface area contributed by atoms with Gasteiger partial charge in [0, 0.05) is 46.6 Å². The van der Waals surface area contributed by atoms with Gasteiger partial charge in [0.15, 0.2) is 5.60 Å². The number of hydrogen-bond donors (Lipinski definition) is 1. The molecule has 7 fully saturated rings. The summed E-state index contributed by atoms with van der Waals surface area (Å²) in [4.78, 5) is 15.2. The van der Waals surface area contributed by atoms with Crippen LogP contribution in [0, 0.1) is 28.1 Å². The van der Waals surface area contributed by atoms with Crippen LogP contribution in [0.3, 0.4) is 0 Å². The zero-order valence-electron chi connectivity index (χ0n) is 22.3. The topological polar surface area (TPSA) is 95.9 Å². The average Bonchev–Trinajstić information content (AvgIpc) is 3.52. The Morgan fingerprint density at radius 1 is 1.14 bits per heavy atom. The molecule has 5 unspecified atom stereocenters. The number of ether oxygens (including phenoxy) is 6. The zero-order chi connectivity index (χ0) is 25.5. The predicted molar refractivity (Wildman–Crippen MR) is 126 cm³/mol. The van der Waals surface area contributed by atoms with Crippen LogP contribution < -0.4 is 0 Å². The van der Waals surface area contributed by atoms with E-state index in [4.69, 9.17) is 28.4 Å². The highest BCUT2D eigenvalue weighted by Crippen LogP contribution is 2.84. The molecule has 36 heavy (non-hydrogen) atoms. The van der Waals surface area contributed by atoms with E-state index in [1.807, 2.05) is 0 Å². The Morgan fingerprint density at radius 2 is 1.92 bits per heavy atom. The normalized spacial score (nSPS) is 60.2. The van der Waals surface area contributed by atoms with Gasteiger partial charge in [0.05, 0.1) is 40.8 Å². The first-order chi connectivity index (χ1) is 17.2. The van der Waals surface area contributed by atoms with Gasteiger partial charge in [-0.15, -0.1) is 0 Å². The lowest BCUT2D eigenvalue weighted by Crippen LogP contribution is -2.85. The first kappa shape index (κ1) is 24.2. The van der Waals surface area contributed by atoms with E-state index in [0.717, 1.165) is 25.9 Å². The Morgan fingerprint density at radius 3 is 2.56 bits per heavy atom. The molecule has 13 atom stereocenters. The summed E-state index contributed by atoms with van der Waals surface area (Å²) in [5.74, 6) is -0.422. The Balaban J connectivity index is 1.59. The lowest BCUT2D eigenvalue weighted by atomic mass is 9.39. The molecule has 0 radical (unpaired) electrons. The fourth-order valence-corrected chi connectivity index (χ4v) is 11.9. The van der Waals surface area contributed by atoms with Crippen LogP contribution in [0.25, 0.3) is 0 Å². The number of aliphatic hydroxyl groups is 1. The molecule has 5 saturated carbocycles. The maximum atomic E-state index is 13.5. The van der Waals surface area contributed by atoms with Gasteiger partial charge in [0.2, 0.25) is 0 Å². The van der Waals surface area contributed by atoms with E-state index in [0.29, 0.717) is 12.8 Å². The molecule has 0 aromatic carbocycles. The quantitative estimate of drug-likeness (QED) is 0.553. The summed E-state index contributed by atoms with van der Waals surface area (Å²) in [6.07, 6.45) is 1.39. The number of likely N-dealkylation sites (tertiary alicyclic amines) is 1. The summed E-state index contributed by atoms with van der Waals surface area (Å²) in [7, 11) is 5.25. The molecule has 2 saturated heterocycles. The number of nitrogens with zero attached hydrogens (tertiary/aromatic N) is 1. The Hall–Kier alpha value is -0.810. The summed E-state index contributed by atoms with van der Waals surface area (Å²) in [5.41, 5.74) is -3.75. The third-order valence-electron chi connectivity index (χ3n) is 12.2. The van der Waals surface area contributed by atoms with E-state index in [1.54, 1.807) is 21.3 Å². The molecule has 1 N–H and O–H groups in total. The smallest absolute Gasteiger partial charge is 0.303 e. The molecule has 9 heteroatoms. The van der Waals surface area contributed by atoms with E-state index in [9.17, 15) is 9.90 Å². The summed E-state index contributed by atoms with van der Waals surface area (Å²) in [5, 5.41) is 13.5. The van der Waals surface area contributed by atoms with E-state index in [1.165, 1.54) is 6.92 Å². The minimum absolute atomic E-state index is 0.0358. The van der Waals surface area contributed by atoms with Crippen LogP contribution in [0.4, 0.5) is 0 Å². The first-order valence-corrected chi connectivity index (χ1v) is 13.7. The van der Waals surface area contributed by atoms with Crippen molar-refractivity contribution in [3.8, 4) is 0 Å². The number of carbonyl (C=O) groups is 1. The fraction of sp³-hybridized carbons (Fsp3) is 0.963. The lowest BCUT2D eigenvalue weighted by molar-refractivity contribution is -0.342.